The molecule has 2 aliphatic heterocycles. The smallest absolute Gasteiger partial charge is 0.464 e. The van der Waals surface area contributed by atoms with Crippen LogP contribution in [-0.2, 0) is 29.6 Å². The standard InChI is InChI=1S/C12H14F9N3O6S2/c13-9(14,10(15,16)31(26,27)22-12(19,20)21)11(17,18)32(28,29)24-4-2-23(3-5-24)7-1-6-30-8(7)25/h7,22H,1-6H2. The molecular weight excluding hydrogens is 517 g/mol. The molecule has 0 aromatic rings. The summed E-state index contributed by atoms with van der Waals surface area (Å²) in [4.78, 5) is 12.8. The molecule has 0 bridgehead atoms. The molecule has 1 atom stereocenters. The van der Waals surface area contributed by atoms with Crippen molar-refractivity contribution in [2.24, 2.45) is 0 Å². The normalized spacial score (nSPS) is 23.4. The van der Waals surface area contributed by atoms with Gasteiger partial charge in [-0.2, -0.15) is 43.8 Å². The highest BCUT2D eigenvalue weighted by Crippen LogP contribution is 2.51. The Hall–Kier alpha value is -1.38. The van der Waals surface area contributed by atoms with E-state index >= 15 is 0 Å². The quantitative estimate of drug-likeness (QED) is 0.290. The first-order valence-electron chi connectivity index (χ1n) is 8.33. The summed E-state index contributed by atoms with van der Waals surface area (Å²) in [7, 11) is -14.3. The molecule has 0 amide bonds. The lowest BCUT2D eigenvalue weighted by Crippen LogP contribution is -2.66. The number of hydrogen-bond acceptors (Lipinski definition) is 7. The second-order valence-corrected chi connectivity index (χ2v) is 10.3. The molecule has 0 saturated carbocycles. The van der Waals surface area contributed by atoms with Crippen molar-refractivity contribution in [3.63, 3.8) is 0 Å². The fraction of sp³-hybridized carbons (Fsp3) is 0.917. The van der Waals surface area contributed by atoms with Crippen molar-refractivity contribution in [1.29, 1.82) is 0 Å². The fourth-order valence-corrected chi connectivity index (χ4v) is 5.33. The number of nitrogens with one attached hydrogen (secondary N) is 1. The van der Waals surface area contributed by atoms with Gasteiger partial charge >= 0.3 is 28.7 Å². The molecule has 0 spiro atoms. The Morgan fingerprint density at radius 3 is 1.75 bits per heavy atom. The van der Waals surface area contributed by atoms with Gasteiger partial charge in [0.05, 0.1) is 6.61 Å². The number of hydrogen-bond donors (Lipinski definition) is 1. The monoisotopic (exact) mass is 531 g/mol. The van der Waals surface area contributed by atoms with Crippen molar-refractivity contribution in [2.45, 2.75) is 35.2 Å². The molecule has 2 rings (SSSR count). The van der Waals surface area contributed by atoms with E-state index in [4.69, 9.17) is 0 Å². The largest absolute Gasteiger partial charge is 0.470 e. The van der Waals surface area contributed by atoms with Gasteiger partial charge in [0, 0.05) is 32.6 Å². The summed E-state index contributed by atoms with van der Waals surface area (Å²) in [5.41, 5.74) is 0. The summed E-state index contributed by atoms with van der Waals surface area (Å²) in [6, 6.07) is -0.871. The van der Waals surface area contributed by atoms with Gasteiger partial charge in [0.2, 0.25) is 0 Å². The highest BCUT2D eigenvalue weighted by atomic mass is 32.2. The zero-order chi connectivity index (χ0) is 25.0. The van der Waals surface area contributed by atoms with Gasteiger partial charge in [0.1, 0.15) is 6.04 Å². The van der Waals surface area contributed by atoms with E-state index in [1.54, 1.807) is 0 Å². The van der Waals surface area contributed by atoms with Crippen molar-refractivity contribution in [3.8, 4) is 0 Å². The first-order chi connectivity index (χ1) is 14.2. The van der Waals surface area contributed by atoms with Crippen molar-refractivity contribution >= 4 is 26.0 Å². The predicted molar refractivity (Wildman–Crippen MR) is 84.4 cm³/mol. The lowest BCUT2D eigenvalue weighted by Gasteiger charge is -2.39. The summed E-state index contributed by atoms with van der Waals surface area (Å²) < 4.78 is 169. The Labute approximate surface area is 174 Å². The number of rotatable bonds is 7. The molecule has 20 heteroatoms. The molecule has 1 unspecified atom stereocenters. The zero-order valence-electron chi connectivity index (χ0n) is 15.4. The van der Waals surface area contributed by atoms with Crippen molar-refractivity contribution in [3.05, 3.63) is 0 Å². The summed E-state index contributed by atoms with van der Waals surface area (Å²) in [6.07, 6.45) is -6.08. The first-order valence-corrected chi connectivity index (χ1v) is 11.3. The van der Waals surface area contributed by atoms with Crippen LogP contribution in [0.4, 0.5) is 39.5 Å². The zero-order valence-corrected chi connectivity index (χ0v) is 17.0. The lowest BCUT2D eigenvalue weighted by molar-refractivity contribution is -0.246. The summed E-state index contributed by atoms with van der Waals surface area (Å²) in [6.45, 7) is -2.93. The van der Waals surface area contributed by atoms with E-state index in [2.05, 4.69) is 4.74 Å². The molecule has 0 radical (unpaired) electrons. The number of ether oxygens (including phenoxy) is 1. The highest BCUT2D eigenvalue weighted by Gasteiger charge is 2.83. The van der Waals surface area contributed by atoms with Gasteiger partial charge in [-0.05, 0) is 0 Å². The molecular formula is C12H14F9N3O6S2. The Balaban J connectivity index is 2.29. The summed E-state index contributed by atoms with van der Waals surface area (Å²) in [5, 5.41) is -14.0. The first kappa shape index (κ1) is 26.9. The molecule has 0 aromatic heterocycles. The van der Waals surface area contributed by atoms with Crippen LogP contribution in [0.25, 0.3) is 0 Å². The maximum absolute atomic E-state index is 14.2. The number of piperazine rings is 1. The Morgan fingerprint density at radius 1 is 0.844 bits per heavy atom. The lowest BCUT2D eigenvalue weighted by atomic mass is 10.2. The highest BCUT2D eigenvalue weighted by molar-refractivity contribution is 7.91. The van der Waals surface area contributed by atoms with Crippen LogP contribution in [-0.4, -0.2) is 93.6 Å². The molecule has 0 aliphatic carbocycles. The molecule has 2 saturated heterocycles. The van der Waals surface area contributed by atoms with Crippen LogP contribution in [0.15, 0.2) is 0 Å². The molecule has 0 aromatic carbocycles. The second kappa shape index (κ2) is 8.13. The Morgan fingerprint density at radius 2 is 1.34 bits per heavy atom. The number of halogens is 9. The topological polar surface area (TPSA) is 113 Å². The number of cyclic esters (lactones) is 1. The molecule has 2 aliphatic rings. The van der Waals surface area contributed by atoms with Crippen LogP contribution < -0.4 is 4.72 Å². The number of esters is 1. The number of carbonyl (C=O) groups excluding carboxylic acids is 1. The van der Waals surface area contributed by atoms with Gasteiger partial charge in [0.15, 0.2) is 0 Å². The molecule has 2 fully saturated rings. The number of carbonyl (C=O) groups is 1. The van der Waals surface area contributed by atoms with Crippen LogP contribution in [0.1, 0.15) is 6.42 Å². The average molecular weight is 531 g/mol. The van der Waals surface area contributed by atoms with Gasteiger partial charge in [-0.1, -0.05) is 0 Å². The molecule has 1 N–H and O–H groups in total. The molecule has 32 heavy (non-hydrogen) atoms. The third kappa shape index (κ3) is 4.38. The molecule has 188 valence electrons. The molecule has 2 heterocycles. The van der Waals surface area contributed by atoms with Crippen LogP contribution in [0, 0.1) is 0 Å². The van der Waals surface area contributed by atoms with Gasteiger partial charge < -0.3 is 4.74 Å². The van der Waals surface area contributed by atoms with Crippen LogP contribution >= 0.6 is 0 Å². The van der Waals surface area contributed by atoms with Crippen molar-refractivity contribution in [1.82, 2.24) is 13.9 Å². The van der Waals surface area contributed by atoms with Crippen molar-refractivity contribution in [2.75, 3.05) is 32.8 Å². The van der Waals surface area contributed by atoms with E-state index in [9.17, 15) is 61.1 Å². The van der Waals surface area contributed by atoms with Gasteiger partial charge in [0.25, 0.3) is 20.0 Å². The molecule has 9 nitrogen and oxygen atoms in total. The fourth-order valence-electron chi connectivity index (χ4n) is 2.95. The van der Waals surface area contributed by atoms with E-state index in [-0.39, 0.29) is 17.3 Å². The van der Waals surface area contributed by atoms with Crippen LogP contribution in [0.3, 0.4) is 0 Å². The summed E-state index contributed by atoms with van der Waals surface area (Å²) in [5.74, 6) is -8.03. The number of nitrogens with zero attached hydrogens (tertiary/aromatic N) is 2. The van der Waals surface area contributed by atoms with E-state index in [0.29, 0.717) is 0 Å². The SMILES string of the molecule is O=C1OCCC1N1CCN(S(=O)(=O)C(F)(F)C(F)(F)C(F)(F)S(=O)(=O)NC(F)(F)F)CC1. The minimum Gasteiger partial charge on any atom is -0.464 e. The Kier molecular flexibility index (Phi) is 6.83. The number of sulfonamides is 2. The second-order valence-electron chi connectivity index (χ2n) is 6.62. The third-order valence-corrected chi connectivity index (χ3v) is 7.99. The van der Waals surface area contributed by atoms with Crippen molar-refractivity contribution < 1.29 is 65.9 Å². The maximum atomic E-state index is 14.2. The Bertz CT molecular complexity index is 946. The van der Waals surface area contributed by atoms with Gasteiger partial charge in [-0.25, -0.2) is 16.8 Å². The third-order valence-electron chi connectivity index (χ3n) is 4.60. The maximum Gasteiger partial charge on any atom is 0.470 e. The average Bonchev–Trinajstić information content (AvgIpc) is 3.05. The minimum atomic E-state index is -7.56. The van der Waals surface area contributed by atoms with E-state index < -0.39 is 85.7 Å². The van der Waals surface area contributed by atoms with Crippen LogP contribution in [0.5, 0.6) is 0 Å². The van der Waals surface area contributed by atoms with E-state index in [1.165, 1.54) is 4.90 Å². The van der Waals surface area contributed by atoms with Gasteiger partial charge in [-0.3, -0.25) is 9.69 Å². The van der Waals surface area contributed by atoms with E-state index in [1.807, 2.05) is 0 Å². The predicted octanol–water partition coefficient (Wildman–Crippen LogP) is 0.509. The van der Waals surface area contributed by atoms with Gasteiger partial charge in [-0.15, -0.1) is 4.72 Å². The number of alkyl halides is 9. The van der Waals surface area contributed by atoms with E-state index in [0.717, 1.165) is 0 Å². The summed E-state index contributed by atoms with van der Waals surface area (Å²) >= 11 is 0. The van der Waals surface area contributed by atoms with Crippen LogP contribution in [0.2, 0.25) is 0 Å². The minimum absolute atomic E-state index is 0.0157.